The maximum absolute atomic E-state index is 12.7. The third-order valence-corrected chi connectivity index (χ3v) is 2.47. The van der Waals surface area contributed by atoms with Crippen LogP contribution in [0.2, 0.25) is 0 Å². The van der Waals surface area contributed by atoms with E-state index in [0.29, 0.717) is 11.3 Å². The number of hydrogen-bond acceptors (Lipinski definition) is 3. The van der Waals surface area contributed by atoms with E-state index in [2.05, 4.69) is 20.8 Å². The van der Waals surface area contributed by atoms with Gasteiger partial charge in [0, 0.05) is 12.7 Å². The maximum atomic E-state index is 12.7. The van der Waals surface area contributed by atoms with E-state index in [-0.39, 0.29) is 12.4 Å². The maximum Gasteiger partial charge on any atom is 0.319 e. The van der Waals surface area contributed by atoms with Gasteiger partial charge >= 0.3 is 6.03 Å². The quantitative estimate of drug-likeness (QED) is 0.673. The van der Waals surface area contributed by atoms with Crippen molar-refractivity contribution in [3.63, 3.8) is 0 Å². The molecule has 1 heterocycles. The number of aliphatic hydroxyl groups is 1. The van der Waals surface area contributed by atoms with Crippen molar-refractivity contribution in [1.82, 2.24) is 15.5 Å². The molecule has 4 N–H and O–H groups in total. The number of halogens is 1. The van der Waals surface area contributed by atoms with E-state index in [9.17, 15) is 14.3 Å². The highest BCUT2D eigenvalue weighted by atomic mass is 19.1. The first-order chi connectivity index (χ1) is 9.15. The van der Waals surface area contributed by atoms with Crippen molar-refractivity contribution in [1.29, 1.82) is 0 Å². The van der Waals surface area contributed by atoms with Crippen LogP contribution in [-0.2, 0) is 0 Å². The number of carbonyl (C=O) groups excluding carboxylic acids is 1. The van der Waals surface area contributed by atoms with Gasteiger partial charge < -0.3 is 15.7 Å². The fourth-order valence-corrected chi connectivity index (χ4v) is 1.49. The SMILES string of the molecule is O=C(NC[C@@H](O)c1ccc(F)cc1)Nc1cn[nH]c1. The summed E-state index contributed by atoms with van der Waals surface area (Å²) >= 11 is 0. The average molecular weight is 264 g/mol. The van der Waals surface area contributed by atoms with E-state index in [0.717, 1.165) is 0 Å². The van der Waals surface area contributed by atoms with Crippen molar-refractivity contribution < 1.29 is 14.3 Å². The first-order valence-electron chi connectivity index (χ1n) is 5.62. The van der Waals surface area contributed by atoms with Gasteiger partial charge in [-0.05, 0) is 17.7 Å². The van der Waals surface area contributed by atoms with Crippen LogP contribution in [0.4, 0.5) is 14.9 Å². The molecule has 0 saturated carbocycles. The zero-order chi connectivity index (χ0) is 13.7. The topological polar surface area (TPSA) is 90.0 Å². The third-order valence-electron chi connectivity index (χ3n) is 2.47. The lowest BCUT2D eigenvalue weighted by Gasteiger charge is -2.12. The number of amides is 2. The minimum Gasteiger partial charge on any atom is -0.387 e. The number of urea groups is 1. The summed E-state index contributed by atoms with van der Waals surface area (Å²) in [5.74, 6) is -0.374. The highest BCUT2D eigenvalue weighted by molar-refractivity contribution is 5.88. The summed E-state index contributed by atoms with van der Waals surface area (Å²) in [6.45, 7) is 0.0231. The molecule has 1 atom stereocenters. The van der Waals surface area contributed by atoms with E-state index in [1.807, 2.05) is 0 Å². The Morgan fingerprint density at radius 1 is 1.42 bits per heavy atom. The zero-order valence-corrected chi connectivity index (χ0v) is 9.93. The number of rotatable bonds is 4. The molecule has 2 amide bonds. The molecule has 0 saturated heterocycles. The lowest BCUT2D eigenvalue weighted by molar-refractivity contribution is 0.175. The molecule has 2 rings (SSSR count). The molecule has 0 radical (unpaired) electrons. The molecule has 1 aromatic carbocycles. The number of nitrogens with one attached hydrogen (secondary N) is 3. The number of benzene rings is 1. The Hall–Kier alpha value is -2.41. The van der Waals surface area contributed by atoms with Crippen LogP contribution in [0.1, 0.15) is 11.7 Å². The average Bonchev–Trinajstić information content (AvgIpc) is 2.89. The van der Waals surface area contributed by atoms with Gasteiger partial charge in [0.2, 0.25) is 0 Å². The second-order valence-corrected chi connectivity index (χ2v) is 3.89. The molecule has 0 aliphatic carbocycles. The van der Waals surface area contributed by atoms with Crippen LogP contribution in [0.5, 0.6) is 0 Å². The zero-order valence-electron chi connectivity index (χ0n) is 9.93. The largest absolute Gasteiger partial charge is 0.387 e. The molecule has 0 unspecified atom stereocenters. The number of anilines is 1. The number of aromatic nitrogens is 2. The van der Waals surface area contributed by atoms with E-state index < -0.39 is 12.1 Å². The normalized spacial score (nSPS) is 11.9. The summed E-state index contributed by atoms with van der Waals surface area (Å²) in [6, 6.07) is 4.99. The molecular formula is C12H13FN4O2. The van der Waals surface area contributed by atoms with Crippen molar-refractivity contribution in [3.05, 3.63) is 48.0 Å². The van der Waals surface area contributed by atoms with Gasteiger partial charge in [-0.25, -0.2) is 9.18 Å². The monoisotopic (exact) mass is 264 g/mol. The number of carbonyl (C=O) groups is 1. The van der Waals surface area contributed by atoms with Gasteiger partial charge in [-0.15, -0.1) is 0 Å². The minimum atomic E-state index is -0.893. The molecule has 0 aliphatic heterocycles. The van der Waals surface area contributed by atoms with Crippen LogP contribution in [0.25, 0.3) is 0 Å². The van der Waals surface area contributed by atoms with E-state index in [1.165, 1.54) is 36.7 Å². The Morgan fingerprint density at radius 2 is 2.16 bits per heavy atom. The highest BCUT2D eigenvalue weighted by Crippen LogP contribution is 2.12. The summed E-state index contributed by atoms with van der Waals surface area (Å²) in [5.41, 5.74) is 1.05. The summed E-state index contributed by atoms with van der Waals surface area (Å²) < 4.78 is 12.7. The summed E-state index contributed by atoms with van der Waals surface area (Å²) in [5, 5.41) is 21.1. The lowest BCUT2D eigenvalue weighted by atomic mass is 10.1. The van der Waals surface area contributed by atoms with Crippen LogP contribution < -0.4 is 10.6 Å². The standard InChI is InChI=1S/C12H13FN4O2/c13-9-3-1-8(2-4-9)11(18)7-14-12(19)17-10-5-15-16-6-10/h1-6,11,18H,7H2,(H,15,16)(H2,14,17,19)/t11-/m1/s1. The molecule has 6 nitrogen and oxygen atoms in total. The first-order valence-corrected chi connectivity index (χ1v) is 5.62. The van der Waals surface area contributed by atoms with Gasteiger partial charge in [0.05, 0.1) is 18.0 Å². The van der Waals surface area contributed by atoms with Crippen molar-refractivity contribution in [3.8, 4) is 0 Å². The lowest BCUT2D eigenvalue weighted by Crippen LogP contribution is -2.32. The smallest absolute Gasteiger partial charge is 0.319 e. The number of aromatic amines is 1. The third kappa shape index (κ3) is 3.78. The Morgan fingerprint density at radius 3 is 2.79 bits per heavy atom. The minimum absolute atomic E-state index is 0.0231. The molecular weight excluding hydrogens is 251 g/mol. The van der Waals surface area contributed by atoms with Gasteiger partial charge in [-0.3, -0.25) is 5.10 Å². The predicted octanol–water partition coefficient (Wildman–Crippen LogP) is 1.40. The van der Waals surface area contributed by atoms with E-state index in [1.54, 1.807) is 0 Å². The van der Waals surface area contributed by atoms with Crippen LogP contribution in [-0.4, -0.2) is 27.9 Å². The second-order valence-electron chi connectivity index (χ2n) is 3.89. The van der Waals surface area contributed by atoms with E-state index >= 15 is 0 Å². The molecule has 2 aromatic rings. The van der Waals surface area contributed by atoms with E-state index in [4.69, 9.17) is 0 Å². The van der Waals surface area contributed by atoms with Crippen LogP contribution in [0.15, 0.2) is 36.7 Å². The molecule has 19 heavy (non-hydrogen) atoms. The van der Waals surface area contributed by atoms with Gasteiger partial charge in [0.15, 0.2) is 0 Å². The molecule has 1 aromatic heterocycles. The molecule has 0 aliphatic rings. The van der Waals surface area contributed by atoms with Crippen molar-refractivity contribution in [2.45, 2.75) is 6.10 Å². The predicted molar refractivity (Wildman–Crippen MR) is 67.0 cm³/mol. The van der Waals surface area contributed by atoms with Gasteiger partial charge in [0.1, 0.15) is 5.82 Å². The Labute approximate surface area is 108 Å². The molecule has 0 bridgehead atoms. The summed E-state index contributed by atoms with van der Waals surface area (Å²) in [7, 11) is 0. The van der Waals surface area contributed by atoms with Crippen LogP contribution in [0.3, 0.4) is 0 Å². The summed E-state index contributed by atoms with van der Waals surface area (Å²) in [4.78, 5) is 11.5. The van der Waals surface area contributed by atoms with Crippen LogP contribution >= 0.6 is 0 Å². The molecule has 0 fully saturated rings. The molecule has 100 valence electrons. The number of nitrogens with zero attached hydrogens (tertiary/aromatic N) is 1. The van der Waals surface area contributed by atoms with Crippen molar-refractivity contribution in [2.24, 2.45) is 0 Å². The number of aliphatic hydroxyl groups excluding tert-OH is 1. The first kappa shape index (κ1) is 13.0. The van der Waals surface area contributed by atoms with Crippen molar-refractivity contribution >= 4 is 11.7 Å². The second kappa shape index (κ2) is 5.96. The number of H-pyrrole nitrogens is 1. The van der Waals surface area contributed by atoms with Crippen molar-refractivity contribution in [2.75, 3.05) is 11.9 Å². The van der Waals surface area contributed by atoms with Crippen LogP contribution in [0, 0.1) is 5.82 Å². The highest BCUT2D eigenvalue weighted by Gasteiger charge is 2.09. The fourth-order valence-electron chi connectivity index (χ4n) is 1.49. The van der Waals surface area contributed by atoms with Gasteiger partial charge in [-0.2, -0.15) is 5.10 Å². The summed E-state index contributed by atoms with van der Waals surface area (Å²) in [6.07, 6.45) is 2.09. The Balaban J connectivity index is 1.81. The van der Waals surface area contributed by atoms with Gasteiger partial charge in [-0.1, -0.05) is 12.1 Å². The molecule has 7 heteroatoms. The van der Waals surface area contributed by atoms with Gasteiger partial charge in [0.25, 0.3) is 0 Å². The Kier molecular flexibility index (Phi) is 4.09. The fraction of sp³-hybridized carbons (Fsp3) is 0.167. The molecule has 0 spiro atoms. The Bertz CT molecular complexity index is 527. The number of hydrogen-bond donors (Lipinski definition) is 4.